The maximum absolute atomic E-state index is 12.1. The number of ether oxygens (including phenoxy) is 1. The van der Waals surface area contributed by atoms with E-state index >= 15 is 0 Å². The molecular formula is C16H17FN4O. The van der Waals surface area contributed by atoms with Crippen LogP contribution in [0.1, 0.15) is 12.8 Å². The molecule has 1 unspecified atom stereocenters. The van der Waals surface area contributed by atoms with Gasteiger partial charge in [-0.25, -0.2) is 9.37 Å². The van der Waals surface area contributed by atoms with Crippen LogP contribution in [0.4, 0.5) is 10.3 Å². The number of fused-ring (bicyclic) bond motifs is 1. The van der Waals surface area contributed by atoms with E-state index in [2.05, 4.69) is 21.7 Å². The van der Waals surface area contributed by atoms with Crippen LogP contribution in [0.15, 0.2) is 36.5 Å². The van der Waals surface area contributed by atoms with Gasteiger partial charge in [0.25, 0.3) is 0 Å². The molecule has 0 spiro atoms. The van der Waals surface area contributed by atoms with Crippen molar-refractivity contribution in [3.05, 3.63) is 36.5 Å². The van der Waals surface area contributed by atoms with Crippen molar-refractivity contribution in [1.82, 2.24) is 14.9 Å². The van der Waals surface area contributed by atoms with Crippen molar-refractivity contribution in [2.75, 3.05) is 12.2 Å². The Morgan fingerprint density at radius 2 is 2.14 bits per heavy atom. The van der Waals surface area contributed by atoms with Crippen molar-refractivity contribution >= 4 is 12.1 Å². The number of nitrogens with zero attached hydrogens (tertiary/aromatic N) is 2. The van der Waals surface area contributed by atoms with Crippen molar-refractivity contribution in [2.24, 2.45) is 0 Å². The number of hydrogen-bond acceptors (Lipinski definition) is 4. The van der Waals surface area contributed by atoms with Gasteiger partial charge in [-0.05, 0) is 43.2 Å². The zero-order valence-electron chi connectivity index (χ0n) is 12.0. The summed E-state index contributed by atoms with van der Waals surface area (Å²) < 4.78 is 18.9. The maximum Gasteiger partial charge on any atom is 0.228 e. The molecule has 1 atom stereocenters. The van der Waals surface area contributed by atoms with Gasteiger partial charge in [-0.2, -0.15) is 0 Å². The lowest BCUT2D eigenvalue weighted by Gasteiger charge is -2.20. The summed E-state index contributed by atoms with van der Waals surface area (Å²) in [6.45, 7) is -0.817. The number of hydrogen-bond donors (Lipinski definition) is 2. The van der Waals surface area contributed by atoms with E-state index < -0.39 is 6.86 Å². The summed E-state index contributed by atoms with van der Waals surface area (Å²) in [6, 6.07) is 7.87. The molecular weight excluding hydrogens is 283 g/mol. The molecule has 2 N–H and O–H groups in total. The lowest BCUT2D eigenvalue weighted by Crippen LogP contribution is -2.38. The third kappa shape index (κ3) is 2.69. The quantitative estimate of drug-likeness (QED) is 0.891. The van der Waals surface area contributed by atoms with E-state index in [0.29, 0.717) is 11.8 Å². The van der Waals surface area contributed by atoms with E-state index in [1.165, 1.54) is 12.8 Å². The number of aromatic nitrogens is 2. The number of halogens is 1. The largest absolute Gasteiger partial charge is 0.463 e. The standard InChI is InChI=1S/C16H17FN4O/c17-10-22-13-5-1-11(2-6-13)14-9-21-8-7-15(18-12-3-4-12)20-16(21)19-14/h1-2,5-9,12,15,18H,3-4,10H2,(H,19,20). The van der Waals surface area contributed by atoms with Crippen molar-refractivity contribution in [3.63, 3.8) is 0 Å². The number of alkyl halides is 1. The molecule has 1 aromatic heterocycles. The lowest BCUT2D eigenvalue weighted by molar-refractivity contribution is 0.192. The molecule has 1 fully saturated rings. The summed E-state index contributed by atoms with van der Waals surface area (Å²) in [5.74, 6) is 1.33. The molecule has 2 aromatic rings. The first-order chi connectivity index (χ1) is 10.8. The Hall–Kier alpha value is -2.34. The van der Waals surface area contributed by atoms with Crippen LogP contribution < -0.4 is 15.4 Å². The molecule has 1 saturated carbocycles. The third-order valence-electron chi connectivity index (χ3n) is 3.82. The van der Waals surface area contributed by atoms with Crippen LogP contribution in [-0.2, 0) is 0 Å². The third-order valence-corrected chi connectivity index (χ3v) is 3.82. The minimum atomic E-state index is -0.817. The molecule has 1 aliphatic heterocycles. The molecule has 4 rings (SSSR count). The normalized spacial score (nSPS) is 19.6. The molecule has 0 radical (unpaired) electrons. The Bertz CT molecular complexity index is 691. The van der Waals surface area contributed by atoms with Crippen LogP contribution >= 0.6 is 0 Å². The van der Waals surface area contributed by atoms with Crippen LogP contribution in [0.5, 0.6) is 5.75 Å². The molecule has 2 heterocycles. The Labute approximate surface area is 127 Å². The number of imidazole rings is 1. The summed E-state index contributed by atoms with van der Waals surface area (Å²) in [6.07, 6.45) is 8.71. The second kappa shape index (κ2) is 5.46. The molecule has 0 amide bonds. The number of benzene rings is 1. The van der Waals surface area contributed by atoms with Crippen molar-refractivity contribution in [3.8, 4) is 17.0 Å². The van der Waals surface area contributed by atoms with Gasteiger partial charge in [-0.1, -0.05) is 0 Å². The van der Waals surface area contributed by atoms with Gasteiger partial charge in [0, 0.05) is 24.0 Å². The van der Waals surface area contributed by atoms with Crippen LogP contribution in [0.25, 0.3) is 17.5 Å². The predicted molar refractivity (Wildman–Crippen MR) is 83.2 cm³/mol. The van der Waals surface area contributed by atoms with Gasteiger partial charge in [0.05, 0.1) is 5.69 Å². The Morgan fingerprint density at radius 3 is 2.86 bits per heavy atom. The first-order valence-corrected chi connectivity index (χ1v) is 7.41. The number of nitrogens with one attached hydrogen (secondary N) is 2. The van der Waals surface area contributed by atoms with E-state index in [1.54, 1.807) is 12.1 Å². The fraction of sp³-hybridized carbons (Fsp3) is 0.312. The van der Waals surface area contributed by atoms with Crippen LogP contribution in [0.2, 0.25) is 0 Å². The zero-order valence-corrected chi connectivity index (χ0v) is 12.0. The Morgan fingerprint density at radius 1 is 1.32 bits per heavy atom. The van der Waals surface area contributed by atoms with Gasteiger partial charge >= 0.3 is 0 Å². The highest BCUT2D eigenvalue weighted by Crippen LogP contribution is 2.26. The topological polar surface area (TPSA) is 51.1 Å². The summed E-state index contributed by atoms with van der Waals surface area (Å²) in [5.41, 5.74) is 1.83. The fourth-order valence-corrected chi connectivity index (χ4v) is 2.51. The summed E-state index contributed by atoms with van der Waals surface area (Å²) in [7, 11) is 0. The average molecular weight is 300 g/mol. The second-order valence-electron chi connectivity index (χ2n) is 5.54. The number of rotatable bonds is 5. The van der Waals surface area contributed by atoms with Crippen LogP contribution in [0.3, 0.4) is 0 Å². The average Bonchev–Trinajstić information content (AvgIpc) is 3.24. The van der Waals surface area contributed by atoms with Gasteiger partial charge in [-0.15, -0.1) is 0 Å². The summed E-state index contributed by atoms with van der Waals surface area (Å²) >= 11 is 0. The van der Waals surface area contributed by atoms with Gasteiger partial charge < -0.3 is 10.1 Å². The molecule has 5 nitrogen and oxygen atoms in total. The maximum atomic E-state index is 12.1. The highest BCUT2D eigenvalue weighted by Gasteiger charge is 2.25. The fourth-order valence-electron chi connectivity index (χ4n) is 2.51. The number of anilines is 1. The summed E-state index contributed by atoms with van der Waals surface area (Å²) in [4.78, 5) is 4.62. The molecule has 114 valence electrons. The van der Waals surface area contributed by atoms with Crippen molar-refractivity contribution in [2.45, 2.75) is 25.0 Å². The SMILES string of the molecule is FCOc1ccc(-c2cn3c(n2)NC(NC2CC2)C=C3)cc1. The second-order valence-corrected chi connectivity index (χ2v) is 5.54. The van der Waals surface area contributed by atoms with Gasteiger partial charge in [-0.3, -0.25) is 9.88 Å². The Kier molecular flexibility index (Phi) is 3.31. The lowest BCUT2D eigenvalue weighted by atomic mass is 10.2. The van der Waals surface area contributed by atoms with Crippen molar-refractivity contribution < 1.29 is 9.13 Å². The van der Waals surface area contributed by atoms with E-state index in [9.17, 15) is 4.39 Å². The molecule has 6 heteroatoms. The first kappa shape index (κ1) is 13.3. The highest BCUT2D eigenvalue weighted by molar-refractivity contribution is 5.64. The van der Waals surface area contributed by atoms with Crippen LogP contribution in [-0.4, -0.2) is 28.6 Å². The molecule has 2 aliphatic rings. The monoisotopic (exact) mass is 300 g/mol. The minimum absolute atomic E-state index is 0.135. The van der Waals surface area contributed by atoms with Crippen molar-refractivity contribution in [1.29, 1.82) is 0 Å². The van der Waals surface area contributed by atoms with E-state index in [4.69, 9.17) is 4.74 Å². The smallest absolute Gasteiger partial charge is 0.228 e. The minimum Gasteiger partial charge on any atom is -0.463 e. The zero-order chi connectivity index (χ0) is 14.9. The molecule has 1 aromatic carbocycles. The molecule has 0 bridgehead atoms. The highest BCUT2D eigenvalue weighted by atomic mass is 19.1. The van der Waals surface area contributed by atoms with E-state index in [1.807, 2.05) is 29.1 Å². The van der Waals surface area contributed by atoms with Crippen LogP contribution in [0, 0.1) is 0 Å². The molecule has 0 saturated heterocycles. The van der Waals surface area contributed by atoms with Gasteiger partial charge in [0.15, 0.2) is 0 Å². The molecule has 22 heavy (non-hydrogen) atoms. The van der Waals surface area contributed by atoms with Gasteiger partial charge in [0.2, 0.25) is 12.8 Å². The first-order valence-electron chi connectivity index (χ1n) is 7.41. The Balaban J connectivity index is 1.52. The van der Waals surface area contributed by atoms with E-state index in [0.717, 1.165) is 17.2 Å². The van der Waals surface area contributed by atoms with E-state index in [-0.39, 0.29) is 6.17 Å². The molecule has 1 aliphatic carbocycles. The summed E-state index contributed by atoms with van der Waals surface area (Å²) in [5, 5.41) is 6.87. The van der Waals surface area contributed by atoms with Gasteiger partial charge in [0.1, 0.15) is 11.9 Å². The predicted octanol–water partition coefficient (Wildman–Crippen LogP) is 2.83.